The Hall–Kier alpha value is -1.40. The number of hydrogen-bond acceptors (Lipinski definition) is 3. The molecular formula is C19H30N2O3S. The van der Waals surface area contributed by atoms with Crippen molar-refractivity contribution in [2.24, 2.45) is 0 Å². The summed E-state index contributed by atoms with van der Waals surface area (Å²) >= 11 is 0. The predicted molar refractivity (Wildman–Crippen MR) is 101 cm³/mol. The van der Waals surface area contributed by atoms with Crippen LogP contribution in [0.2, 0.25) is 0 Å². The van der Waals surface area contributed by atoms with Gasteiger partial charge in [0.1, 0.15) is 0 Å². The third-order valence-corrected chi connectivity index (χ3v) is 6.70. The lowest BCUT2D eigenvalue weighted by atomic mass is 10.2. The van der Waals surface area contributed by atoms with E-state index in [0.29, 0.717) is 35.7 Å². The maximum Gasteiger partial charge on any atom is 0.243 e. The smallest absolute Gasteiger partial charge is 0.243 e. The van der Waals surface area contributed by atoms with Gasteiger partial charge < -0.3 is 5.32 Å². The van der Waals surface area contributed by atoms with E-state index < -0.39 is 10.0 Å². The molecular weight excluding hydrogens is 336 g/mol. The van der Waals surface area contributed by atoms with Crippen molar-refractivity contribution in [1.29, 1.82) is 0 Å². The predicted octanol–water partition coefficient (Wildman–Crippen LogP) is 4.08. The fourth-order valence-corrected chi connectivity index (χ4v) is 4.90. The lowest BCUT2D eigenvalue weighted by Crippen LogP contribution is -2.32. The van der Waals surface area contributed by atoms with E-state index in [1.165, 1.54) is 0 Å². The van der Waals surface area contributed by atoms with Crippen molar-refractivity contribution in [3.05, 3.63) is 23.8 Å². The lowest BCUT2D eigenvalue weighted by Gasteiger charge is -2.21. The summed E-state index contributed by atoms with van der Waals surface area (Å²) in [6.45, 7) is 5.06. The SMILES string of the molecule is CCCCCC(=O)Nc1ccc(C)c(S(=O)(=O)N2CCCCCC2)c1. The average Bonchev–Trinajstić information content (AvgIpc) is 2.86. The quantitative estimate of drug-likeness (QED) is 0.740. The van der Waals surface area contributed by atoms with Crippen LogP contribution in [0.15, 0.2) is 23.1 Å². The molecule has 1 aromatic rings. The highest BCUT2D eigenvalue weighted by Crippen LogP contribution is 2.26. The first-order chi connectivity index (χ1) is 11.9. The molecule has 0 saturated carbocycles. The molecule has 0 atom stereocenters. The van der Waals surface area contributed by atoms with Gasteiger partial charge in [-0.3, -0.25) is 4.79 Å². The van der Waals surface area contributed by atoms with Crippen LogP contribution in [0, 0.1) is 6.92 Å². The molecule has 1 aromatic carbocycles. The minimum Gasteiger partial charge on any atom is -0.326 e. The van der Waals surface area contributed by atoms with E-state index in [9.17, 15) is 13.2 Å². The van der Waals surface area contributed by atoms with E-state index in [-0.39, 0.29) is 5.91 Å². The van der Waals surface area contributed by atoms with Crippen LogP contribution in [0.1, 0.15) is 63.9 Å². The number of unbranched alkanes of at least 4 members (excludes halogenated alkanes) is 2. The van der Waals surface area contributed by atoms with Crippen LogP contribution >= 0.6 is 0 Å². The number of aryl methyl sites for hydroxylation is 1. The highest BCUT2D eigenvalue weighted by atomic mass is 32.2. The van der Waals surface area contributed by atoms with Gasteiger partial charge in [0.15, 0.2) is 0 Å². The molecule has 1 N–H and O–H groups in total. The van der Waals surface area contributed by atoms with Crippen molar-refractivity contribution in [2.75, 3.05) is 18.4 Å². The number of benzene rings is 1. The fourth-order valence-electron chi connectivity index (χ4n) is 3.14. The molecule has 0 radical (unpaired) electrons. The highest BCUT2D eigenvalue weighted by molar-refractivity contribution is 7.89. The normalized spacial score (nSPS) is 16.4. The van der Waals surface area contributed by atoms with Crippen LogP contribution < -0.4 is 5.32 Å². The van der Waals surface area contributed by atoms with Crippen LogP contribution in [0.4, 0.5) is 5.69 Å². The molecule has 6 heteroatoms. The Bertz CT molecular complexity index is 678. The monoisotopic (exact) mass is 366 g/mol. The number of carbonyl (C=O) groups is 1. The molecule has 140 valence electrons. The van der Waals surface area contributed by atoms with Gasteiger partial charge in [0.25, 0.3) is 0 Å². The largest absolute Gasteiger partial charge is 0.326 e. The van der Waals surface area contributed by atoms with Crippen LogP contribution in [-0.2, 0) is 14.8 Å². The summed E-state index contributed by atoms with van der Waals surface area (Å²) in [5, 5.41) is 2.83. The van der Waals surface area contributed by atoms with E-state index in [1.807, 2.05) is 0 Å². The van der Waals surface area contributed by atoms with Crippen molar-refractivity contribution in [1.82, 2.24) is 4.31 Å². The zero-order valence-corrected chi connectivity index (χ0v) is 16.2. The summed E-state index contributed by atoms with van der Waals surface area (Å²) in [6.07, 6.45) is 7.39. The first-order valence-corrected chi connectivity index (χ1v) is 10.8. The molecule has 0 unspecified atom stereocenters. The number of carbonyl (C=O) groups excluding carboxylic acids is 1. The summed E-state index contributed by atoms with van der Waals surface area (Å²) in [7, 11) is -3.51. The Morgan fingerprint density at radius 2 is 1.80 bits per heavy atom. The van der Waals surface area contributed by atoms with E-state index in [2.05, 4.69) is 12.2 Å². The molecule has 0 aromatic heterocycles. The molecule has 1 aliphatic rings. The van der Waals surface area contributed by atoms with Gasteiger partial charge in [-0.25, -0.2) is 8.42 Å². The van der Waals surface area contributed by atoms with Gasteiger partial charge in [0.05, 0.1) is 4.90 Å². The number of hydrogen-bond donors (Lipinski definition) is 1. The number of nitrogens with one attached hydrogen (secondary N) is 1. The summed E-state index contributed by atoms with van der Waals surface area (Å²) in [6, 6.07) is 5.15. The van der Waals surface area contributed by atoms with E-state index in [1.54, 1.807) is 29.4 Å². The molecule has 0 spiro atoms. The molecule has 1 fully saturated rings. The Morgan fingerprint density at radius 3 is 2.44 bits per heavy atom. The topological polar surface area (TPSA) is 66.5 Å². The molecule has 5 nitrogen and oxygen atoms in total. The van der Waals surface area contributed by atoms with Crippen molar-refractivity contribution in [3.63, 3.8) is 0 Å². The maximum atomic E-state index is 13.0. The zero-order valence-electron chi connectivity index (χ0n) is 15.4. The molecule has 1 aliphatic heterocycles. The van der Waals surface area contributed by atoms with Crippen LogP contribution in [0.3, 0.4) is 0 Å². The third kappa shape index (κ3) is 5.54. The second-order valence-electron chi connectivity index (χ2n) is 6.80. The van der Waals surface area contributed by atoms with Crippen LogP contribution in [0.5, 0.6) is 0 Å². The first kappa shape index (κ1) is 19.9. The third-order valence-electron chi connectivity index (χ3n) is 4.66. The highest BCUT2D eigenvalue weighted by Gasteiger charge is 2.27. The van der Waals surface area contributed by atoms with Gasteiger partial charge in [-0.2, -0.15) is 4.31 Å². The van der Waals surface area contributed by atoms with Crippen molar-refractivity contribution in [3.8, 4) is 0 Å². The fraction of sp³-hybridized carbons (Fsp3) is 0.632. The Balaban J connectivity index is 2.16. The minimum atomic E-state index is -3.51. The number of anilines is 1. The minimum absolute atomic E-state index is 0.0598. The van der Waals surface area contributed by atoms with E-state index in [0.717, 1.165) is 44.9 Å². The second-order valence-corrected chi connectivity index (χ2v) is 8.71. The standard InChI is InChI=1S/C19H30N2O3S/c1-3-4-7-10-19(22)20-17-12-11-16(2)18(15-17)25(23,24)21-13-8-5-6-9-14-21/h11-12,15H,3-10,13-14H2,1-2H3,(H,20,22). The van der Waals surface area contributed by atoms with Gasteiger partial charge >= 0.3 is 0 Å². The molecule has 0 bridgehead atoms. The van der Waals surface area contributed by atoms with Crippen LogP contribution in [-0.4, -0.2) is 31.7 Å². The first-order valence-electron chi connectivity index (χ1n) is 9.36. The van der Waals surface area contributed by atoms with Crippen LogP contribution in [0.25, 0.3) is 0 Å². The molecule has 1 saturated heterocycles. The maximum absolute atomic E-state index is 13.0. The van der Waals surface area contributed by atoms with E-state index >= 15 is 0 Å². The molecule has 1 heterocycles. The second kappa shape index (κ2) is 9.34. The molecule has 2 rings (SSSR count). The van der Waals surface area contributed by atoms with Gasteiger partial charge in [-0.05, 0) is 43.9 Å². The summed E-state index contributed by atoms with van der Waals surface area (Å²) in [4.78, 5) is 12.3. The Morgan fingerprint density at radius 1 is 1.12 bits per heavy atom. The molecule has 0 aliphatic carbocycles. The lowest BCUT2D eigenvalue weighted by molar-refractivity contribution is -0.116. The molecule has 25 heavy (non-hydrogen) atoms. The van der Waals surface area contributed by atoms with Crippen molar-refractivity contribution >= 4 is 21.6 Å². The number of nitrogens with zero attached hydrogens (tertiary/aromatic N) is 1. The number of sulfonamides is 1. The van der Waals surface area contributed by atoms with Crippen molar-refractivity contribution < 1.29 is 13.2 Å². The Kier molecular flexibility index (Phi) is 7.44. The van der Waals surface area contributed by atoms with Gasteiger partial charge in [0.2, 0.25) is 15.9 Å². The van der Waals surface area contributed by atoms with Gasteiger partial charge in [-0.15, -0.1) is 0 Å². The number of amides is 1. The summed E-state index contributed by atoms with van der Waals surface area (Å²) in [5.74, 6) is -0.0598. The zero-order chi connectivity index (χ0) is 18.3. The average molecular weight is 367 g/mol. The van der Waals surface area contributed by atoms with Gasteiger partial charge in [-0.1, -0.05) is 38.7 Å². The Labute approximate surface area is 151 Å². The molecule has 1 amide bonds. The summed E-state index contributed by atoms with van der Waals surface area (Å²) < 4.78 is 27.6. The van der Waals surface area contributed by atoms with E-state index in [4.69, 9.17) is 0 Å². The summed E-state index contributed by atoms with van der Waals surface area (Å²) in [5.41, 5.74) is 1.27. The van der Waals surface area contributed by atoms with Crippen molar-refractivity contribution in [2.45, 2.75) is 70.1 Å². The number of rotatable bonds is 7. The van der Waals surface area contributed by atoms with Gasteiger partial charge in [0, 0.05) is 25.2 Å².